The Kier molecular flexibility index (Phi) is 5.68. The van der Waals surface area contributed by atoms with Crippen molar-refractivity contribution in [2.75, 3.05) is 11.4 Å². The van der Waals surface area contributed by atoms with Crippen molar-refractivity contribution in [3.63, 3.8) is 0 Å². The SMILES string of the molecule is CCCCCC1CCN2c3c1cc(C(=O)O)cc3C1C=CCC1C2c1ccc(Br)cc1. The number of hydrogen-bond donors (Lipinski definition) is 1. The molecule has 0 bridgehead atoms. The van der Waals surface area contributed by atoms with E-state index in [1.807, 2.05) is 12.1 Å². The summed E-state index contributed by atoms with van der Waals surface area (Å²) in [6.07, 6.45) is 11.6. The van der Waals surface area contributed by atoms with Crippen molar-refractivity contribution in [3.8, 4) is 0 Å². The van der Waals surface area contributed by atoms with Crippen LogP contribution in [0.3, 0.4) is 0 Å². The van der Waals surface area contributed by atoms with Crippen molar-refractivity contribution in [1.29, 1.82) is 0 Å². The smallest absolute Gasteiger partial charge is 0.335 e. The molecule has 0 saturated heterocycles. The molecule has 1 N–H and O–H groups in total. The van der Waals surface area contributed by atoms with Crippen molar-refractivity contribution >= 4 is 27.6 Å². The lowest BCUT2D eigenvalue weighted by atomic mass is 9.71. The first-order valence-electron chi connectivity index (χ1n) is 11.7. The number of fused-ring (bicyclic) bond motifs is 2. The lowest BCUT2D eigenvalue weighted by Crippen LogP contribution is -2.43. The molecule has 5 rings (SSSR count). The molecule has 2 aliphatic heterocycles. The molecular weight excluding hydrogens is 450 g/mol. The molecule has 2 aromatic carbocycles. The van der Waals surface area contributed by atoms with E-state index in [0.717, 1.165) is 30.3 Å². The summed E-state index contributed by atoms with van der Waals surface area (Å²) in [5, 5.41) is 9.85. The zero-order valence-corrected chi connectivity index (χ0v) is 19.6. The van der Waals surface area contributed by atoms with Crippen LogP contribution in [0.2, 0.25) is 0 Å². The van der Waals surface area contributed by atoms with Gasteiger partial charge in [0, 0.05) is 22.6 Å². The molecule has 4 heteroatoms. The number of allylic oxidation sites excluding steroid dienone is 2. The van der Waals surface area contributed by atoms with Gasteiger partial charge in [-0.15, -0.1) is 0 Å². The number of carboxylic acid groups (broad SMARTS) is 1. The fourth-order valence-corrected chi connectivity index (χ4v) is 6.40. The maximum Gasteiger partial charge on any atom is 0.335 e. The van der Waals surface area contributed by atoms with Gasteiger partial charge in [0.2, 0.25) is 0 Å². The maximum absolute atomic E-state index is 12.0. The van der Waals surface area contributed by atoms with Crippen LogP contribution in [0.15, 0.2) is 53.0 Å². The van der Waals surface area contributed by atoms with Crippen LogP contribution in [0.25, 0.3) is 0 Å². The lowest BCUT2D eigenvalue weighted by Gasteiger charge is -2.50. The Labute approximate surface area is 193 Å². The summed E-state index contributed by atoms with van der Waals surface area (Å²) in [6, 6.07) is 13.1. The molecule has 4 atom stereocenters. The Morgan fingerprint density at radius 2 is 1.94 bits per heavy atom. The predicted molar refractivity (Wildman–Crippen MR) is 129 cm³/mol. The van der Waals surface area contributed by atoms with E-state index in [1.165, 1.54) is 41.6 Å². The fourth-order valence-electron chi connectivity index (χ4n) is 6.13. The van der Waals surface area contributed by atoms with Crippen molar-refractivity contribution < 1.29 is 9.90 Å². The van der Waals surface area contributed by atoms with Crippen LogP contribution in [-0.4, -0.2) is 17.6 Å². The third-order valence-corrected chi connectivity index (χ3v) is 8.07. The van der Waals surface area contributed by atoms with Crippen LogP contribution < -0.4 is 4.90 Å². The Bertz CT molecular complexity index is 1010. The van der Waals surface area contributed by atoms with Crippen molar-refractivity contribution in [2.24, 2.45) is 5.92 Å². The number of anilines is 1. The van der Waals surface area contributed by atoms with E-state index in [9.17, 15) is 9.90 Å². The maximum atomic E-state index is 12.0. The van der Waals surface area contributed by atoms with E-state index in [-0.39, 0.29) is 0 Å². The summed E-state index contributed by atoms with van der Waals surface area (Å²) < 4.78 is 1.11. The molecule has 3 aliphatic rings. The van der Waals surface area contributed by atoms with Gasteiger partial charge in [-0.05, 0) is 72.1 Å². The van der Waals surface area contributed by atoms with Gasteiger partial charge >= 0.3 is 5.97 Å². The van der Waals surface area contributed by atoms with Gasteiger partial charge in [0.25, 0.3) is 0 Å². The molecule has 2 aromatic rings. The Balaban J connectivity index is 1.64. The summed E-state index contributed by atoms with van der Waals surface area (Å²) in [7, 11) is 0. The number of carbonyl (C=O) groups is 1. The summed E-state index contributed by atoms with van der Waals surface area (Å²) in [6.45, 7) is 3.29. The molecule has 0 aromatic heterocycles. The predicted octanol–water partition coefficient (Wildman–Crippen LogP) is 7.44. The number of unbranched alkanes of at least 4 members (excludes halogenated alkanes) is 2. The molecule has 3 nitrogen and oxygen atoms in total. The minimum Gasteiger partial charge on any atom is -0.478 e. The molecule has 0 amide bonds. The van der Waals surface area contributed by atoms with Crippen molar-refractivity contribution in [3.05, 3.63) is 75.3 Å². The lowest BCUT2D eigenvalue weighted by molar-refractivity contribution is 0.0696. The summed E-state index contributed by atoms with van der Waals surface area (Å²) >= 11 is 3.58. The molecule has 1 aliphatic carbocycles. The number of halogens is 1. The van der Waals surface area contributed by atoms with Gasteiger partial charge < -0.3 is 10.0 Å². The van der Waals surface area contributed by atoms with Gasteiger partial charge in [-0.1, -0.05) is 66.4 Å². The molecule has 0 spiro atoms. The second kappa shape index (κ2) is 8.46. The molecular formula is C27H30BrNO2. The average molecular weight is 480 g/mol. The minimum atomic E-state index is -0.808. The van der Waals surface area contributed by atoms with E-state index in [4.69, 9.17) is 0 Å². The molecule has 31 heavy (non-hydrogen) atoms. The molecule has 0 radical (unpaired) electrons. The summed E-state index contributed by atoms with van der Waals surface area (Å²) in [5.74, 6) is 0.412. The molecule has 4 unspecified atom stereocenters. The first-order chi connectivity index (χ1) is 15.1. The fraction of sp³-hybridized carbons (Fsp3) is 0.444. The molecule has 162 valence electrons. The van der Waals surface area contributed by atoms with Gasteiger partial charge in [-0.2, -0.15) is 0 Å². The van der Waals surface area contributed by atoms with Crippen molar-refractivity contribution in [2.45, 2.75) is 63.3 Å². The van der Waals surface area contributed by atoms with Gasteiger partial charge in [-0.3, -0.25) is 0 Å². The van der Waals surface area contributed by atoms with Crippen LogP contribution in [-0.2, 0) is 0 Å². The zero-order valence-electron chi connectivity index (χ0n) is 18.1. The van der Waals surface area contributed by atoms with E-state index >= 15 is 0 Å². The normalized spacial score (nSPS) is 25.9. The second-order valence-corrected chi connectivity index (χ2v) is 10.2. The second-order valence-electron chi connectivity index (χ2n) is 9.33. The van der Waals surface area contributed by atoms with E-state index in [2.05, 4.69) is 64.2 Å². The average Bonchev–Trinajstić information content (AvgIpc) is 3.26. The van der Waals surface area contributed by atoms with Gasteiger partial charge in [0.1, 0.15) is 0 Å². The highest BCUT2D eigenvalue weighted by atomic mass is 79.9. The highest BCUT2D eigenvalue weighted by Crippen LogP contribution is 2.57. The number of rotatable bonds is 6. The van der Waals surface area contributed by atoms with E-state index < -0.39 is 5.97 Å². The number of nitrogens with zero attached hydrogens (tertiary/aromatic N) is 1. The van der Waals surface area contributed by atoms with Crippen molar-refractivity contribution in [1.82, 2.24) is 0 Å². The number of benzene rings is 2. The standard InChI is InChI=1S/C27H30BrNO2/c1-2-3-4-6-17-13-14-29-25(18-9-11-20(28)12-10-18)22-8-5-7-21(22)24-16-19(27(30)31)15-23(17)26(24)29/h5,7,9-12,15-17,21-22,25H,2-4,6,8,13-14H2,1H3,(H,30,31). The van der Waals surface area contributed by atoms with Gasteiger partial charge in [-0.25, -0.2) is 4.79 Å². The number of aromatic carboxylic acids is 1. The molecule has 2 heterocycles. The van der Waals surface area contributed by atoms with Gasteiger partial charge in [0.15, 0.2) is 0 Å². The first kappa shape index (κ1) is 20.8. The zero-order chi connectivity index (χ0) is 21.5. The Hall–Kier alpha value is -2.07. The summed E-state index contributed by atoms with van der Waals surface area (Å²) in [4.78, 5) is 14.6. The minimum absolute atomic E-state index is 0.298. The van der Waals surface area contributed by atoms with Crippen LogP contribution in [0.5, 0.6) is 0 Å². The Morgan fingerprint density at radius 3 is 2.68 bits per heavy atom. The monoisotopic (exact) mass is 479 g/mol. The van der Waals surface area contributed by atoms with Crippen LogP contribution in [0.4, 0.5) is 5.69 Å². The number of carboxylic acids is 1. The third kappa shape index (κ3) is 3.63. The first-order valence-corrected chi connectivity index (χ1v) is 12.5. The van der Waals surface area contributed by atoms with Crippen LogP contribution in [0, 0.1) is 5.92 Å². The highest BCUT2D eigenvalue weighted by molar-refractivity contribution is 9.10. The molecule has 0 fully saturated rings. The third-order valence-electron chi connectivity index (χ3n) is 7.54. The number of hydrogen-bond acceptors (Lipinski definition) is 2. The highest BCUT2D eigenvalue weighted by Gasteiger charge is 2.45. The van der Waals surface area contributed by atoms with E-state index in [1.54, 1.807) is 0 Å². The summed E-state index contributed by atoms with van der Waals surface area (Å²) in [5.41, 5.74) is 5.67. The van der Waals surface area contributed by atoms with Crippen LogP contribution in [0.1, 0.15) is 90.4 Å². The van der Waals surface area contributed by atoms with E-state index in [0.29, 0.717) is 29.4 Å². The topological polar surface area (TPSA) is 40.5 Å². The Morgan fingerprint density at radius 1 is 1.16 bits per heavy atom. The largest absolute Gasteiger partial charge is 0.478 e. The van der Waals surface area contributed by atoms with Gasteiger partial charge in [0.05, 0.1) is 11.6 Å². The molecule has 0 saturated carbocycles. The quantitative estimate of drug-likeness (QED) is 0.345. The van der Waals surface area contributed by atoms with Crippen LogP contribution >= 0.6 is 15.9 Å².